The number of carbonyl (C=O) groups excluding carboxylic acids is 1. The van der Waals surface area contributed by atoms with E-state index >= 15 is 0 Å². The topological polar surface area (TPSA) is 32.8 Å². The summed E-state index contributed by atoms with van der Waals surface area (Å²) in [7, 11) is 3.79. The van der Waals surface area contributed by atoms with Crippen molar-refractivity contribution in [2.24, 2.45) is 0 Å². The highest BCUT2D eigenvalue weighted by atomic mass is 16.5. The summed E-state index contributed by atoms with van der Waals surface area (Å²) in [6.45, 7) is 4.44. The van der Waals surface area contributed by atoms with Gasteiger partial charge in [-0.1, -0.05) is 49.4 Å². The molecule has 0 unspecified atom stereocenters. The molecule has 2 aromatic carbocycles. The Morgan fingerprint density at radius 2 is 1.60 bits per heavy atom. The van der Waals surface area contributed by atoms with Crippen molar-refractivity contribution in [1.82, 2.24) is 9.80 Å². The van der Waals surface area contributed by atoms with Crippen molar-refractivity contribution in [1.29, 1.82) is 0 Å². The van der Waals surface area contributed by atoms with Crippen LogP contribution < -0.4 is 4.74 Å². The summed E-state index contributed by atoms with van der Waals surface area (Å²) < 4.78 is 5.67. The van der Waals surface area contributed by atoms with Gasteiger partial charge < -0.3 is 9.64 Å². The van der Waals surface area contributed by atoms with Crippen molar-refractivity contribution in [2.75, 3.05) is 33.8 Å². The Morgan fingerprint density at radius 3 is 2.24 bits per heavy atom. The number of likely N-dealkylation sites (N-methyl/N-ethyl adjacent to an activating group) is 2. The van der Waals surface area contributed by atoms with Crippen molar-refractivity contribution >= 4 is 5.91 Å². The maximum Gasteiger partial charge on any atom is 0.236 e. The molecule has 4 nitrogen and oxygen atoms in total. The molecule has 1 amide bonds. The lowest BCUT2D eigenvalue weighted by Gasteiger charge is -2.22. The van der Waals surface area contributed by atoms with Crippen LogP contribution in [0.5, 0.6) is 5.75 Å². The van der Waals surface area contributed by atoms with Crippen LogP contribution in [0.2, 0.25) is 0 Å². The normalized spacial score (nSPS) is 10.7. The Balaban J connectivity index is 1.71. The molecule has 0 aliphatic rings. The van der Waals surface area contributed by atoms with Gasteiger partial charge in [-0.05, 0) is 36.7 Å². The third-order valence-corrected chi connectivity index (χ3v) is 4.17. The lowest BCUT2D eigenvalue weighted by Crippen LogP contribution is -2.37. The summed E-state index contributed by atoms with van der Waals surface area (Å²) in [4.78, 5) is 16.1. The van der Waals surface area contributed by atoms with Crippen molar-refractivity contribution in [3.63, 3.8) is 0 Å². The van der Waals surface area contributed by atoms with Gasteiger partial charge in [0.05, 0.1) is 6.54 Å². The molecule has 0 aromatic heterocycles. The molecule has 0 heterocycles. The average molecular weight is 340 g/mol. The zero-order valence-electron chi connectivity index (χ0n) is 15.4. The molecule has 134 valence electrons. The average Bonchev–Trinajstić information content (AvgIpc) is 2.63. The Labute approximate surface area is 151 Å². The number of ether oxygens (including phenoxy) is 1. The lowest BCUT2D eigenvalue weighted by atomic mass is 10.1. The Kier molecular flexibility index (Phi) is 7.48. The third-order valence-electron chi connectivity index (χ3n) is 4.17. The van der Waals surface area contributed by atoms with E-state index in [0.717, 1.165) is 17.7 Å². The van der Waals surface area contributed by atoms with Gasteiger partial charge in [0.25, 0.3) is 0 Å². The van der Waals surface area contributed by atoms with E-state index in [1.165, 1.54) is 5.56 Å². The molecule has 4 heteroatoms. The minimum atomic E-state index is 0.113. The van der Waals surface area contributed by atoms with Crippen LogP contribution in [0.4, 0.5) is 0 Å². The minimum absolute atomic E-state index is 0.113. The number of hydrogen-bond acceptors (Lipinski definition) is 3. The van der Waals surface area contributed by atoms with Crippen LogP contribution in [0.1, 0.15) is 18.1 Å². The summed E-state index contributed by atoms with van der Waals surface area (Å²) in [6.07, 6.45) is 1.03. The van der Waals surface area contributed by atoms with E-state index in [1.807, 2.05) is 49.3 Å². The van der Waals surface area contributed by atoms with Crippen molar-refractivity contribution in [2.45, 2.75) is 19.9 Å². The first-order valence-corrected chi connectivity index (χ1v) is 8.76. The smallest absolute Gasteiger partial charge is 0.236 e. The number of hydrogen-bond donors (Lipinski definition) is 0. The molecular formula is C21H28N2O2. The highest BCUT2D eigenvalue weighted by Gasteiger charge is 2.12. The largest absolute Gasteiger partial charge is 0.492 e. The summed E-state index contributed by atoms with van der Waals surface area (Å²) in [5.74, 6) is 0.969. The molecule has 0 saturated heterocycles. The Morgan fingerprint density at radius 1 is 0.960 bits per heavy atom. The summed E-state index contributed by atoms with van der Waals surface area (Å²) in [5, 5.41) is 0. The second-order valence-electron chi connectivity index (χ2n) is 6.32. The van der Waals surface area contributed by atoms with Gasteiger partial charge in [-0.15, -0.1) is 0 Å². The van der Waals surface area contributed by atoms with E-state index in [4.69, 9.17) is 4.74 Å². The van der Waals surface area contributed by atoms with Crippen LogP contribution in [0.3, 0.4) is 0 Å². The molecule has 0 bridgehead atoms. The highest BCUT2D eigenvalue weighted by molar-refractivity contribution is 5.77. The molecule has 0 radical (unpaired) electrons. The fourth-order valence-electron chi connectivity index (χ4n) is 2.51. The number of rotatable bonds is 9. The van der Waals surface area contributed by atoms with Crippen LogP contribution in [-0.2, 0) is 17.8 Å². The van der Waals surface area contributed by atoms with Crippen molar-refractivity contribution in [3.05, 3.63) is 65.7 Å². The molecule has 0 saturated carbocycles. The van der Waals surface area contributed by atoms with Gasteiger partial charge in [0, 0.05) is 20.1 Å². The number of nitrogens with zero attached hydrogens (tertiary/aromatic N) is 2. The van der Waals surface area contributed by atoms with E-state index in [-0.39, 0.29) is 5.91 Å². The van der Waals surface area contributed by atoms with Gasteiger partial charge in [-0.25, -0.2) is 0 Å². The molecule has 0 N–H and O–H groups in total. The van der Waals surface area contributed by atoms with Crippen LogP contribution in [0.15, 0.2) is 54.6 Å². The van der Waals surface area contributed by atoms with Crippen LogP contribution >= 0.6 is 0 Å². The number of aryl methyl sites for hydroxylation is 1. The molecule has 0 spiro atoms. The molecule has 0 fully saturated rings. The van der Waals surface area contributed by atoms with Gasteiger partial charge in [-0.2, -0.15) is 0 Å². The first-order chi connectivity index (χ1) is 12.1. The molecule has 25 heavy (non-hydrogen) atoms. The molecule has 0 aliphatic heterocycles. The highest BCUT2D eigenvalue weighted by Crippen LogP contribution is 2.09. The maximum atomic E-state index is 12.4. The van der Waals surface area contributed by atoms with E-state index in [2.05, 4.69) is 31.2 Å². The van der Waals surface area contributed by atoms with Crippen molar-refractivity contribution < 1.29 is 9.53 Å². The third kappa shape index (κ3) is 6.59. The zero-order valence-corrected chi connectivity index (χ0v) is 15.4. The number of benzene rings is 2. The Bertz CT molecular complexity index is 641. The Hall–Kier alpha value is -2.33. The van der Waals surface area contributed by atoms with Crippen LogP contribution in [0, 0.1) is 0 Å². The molecule has 2 aromatic rings. The fraction of sp³-hybridized carbons (Fsp3) is 0.381. The first kappa shape index (κ1) is 19.0. The van der Waals surface area contributed by atoms with Gasteiger partial charge in [0.15, 0.2) is 0 Å². The quantitative estimate of drug-likeness (QED) is 0.703. The van der Waals surface area contributed by atoms with Gasteiger partial charge in [0.1, 0.15) is 12.4 Å². The minimum Gasteiger partial charge on any atom is -0.492 e. The van der Waals surface area contributed by atoms with Gasteiger partial charge in [0.2, 0.25) is 5.91 Å². The van der Waals surface area contributed by atoms with E-state index in [1.54, 1.807) is 4.90 Å². The van der Waals surface area contributed by atoms with Crippen LogP contribution in [-0.4, -0.2) is 49.5 Å². The molecular weight excluding hydrogens is 312 g/mol. The summed E-state index contributed by atoms with van der Waals surface area (Å²) >= 11 is 0. The summed E-state index contributed by atoms with van der Waals surface area (Å²) in [5.41, 5.74) is 2.47. The van der Waals surface area contributed by atoms with E-state index in [0.29, 0.717) is 26.2 Å². The van der Waals surface area contributed by atoms with E-state index in [9.17, 15) is 4.79 Å². The monoisotopic (exact) mass is 340 g/mol. The van der Waals surface area contributed by atoms with Crippen molar-refractivity contribution in [3.8, 4) is 5.75 Å². The zero-order chi connectivity index (χ0) is 18.1. The standard InChI is InChI=1S/C21H28N2O2/c1-4-18-10-12-19(13-11-18)16-23(3)21(24)17-22(2)14-15-25-20-8-6-5-7-9-20/h5-13H,4,14-17H2,1-3H3. The first-order valence-electron chi connectivity index (χ1n) is 8.76. The van der Waals surface area contributed by atoms with Gasteiger partial charge >= 0.3 is 0 Å². The second kappa shape index (κ2) is 9.84. The maximum absolute atomic E-state index is 12.4. The molecule has 2 rings (SSSR count). The predicted molar refractivity (Wildman–Crippen MR) is 102 cm³/mol. The SMILES string of the molecule is CCc1ccc(CN(C)C(=O)CN(C)CCOc2ccccc2)cc1. The second-order valence-corrected chi connectivity index (χ2v) is 6.32. The lowest BCUT2D eigenvalue weighted by molar-refractivity contribution is -0.131. The summed E-state index contributed by atoms with van der Waals surface area (Å²) in [6, 6.07) is 18.2. The molecule has 0 aliphatic carbocycles. The van der Waals surface area contributed by atoms with Gasteiger partial charge in [-0.3, -0.25) is 9.69 Å². The molecule has 0 atom stereocenters. The fourth-order valence-corrected chi connectivity index (χ4v) is 2.51. The predicted octanol–water partition coefficient (Wildman–Crippen LogP) is 3.22. The number of carbonyl (C=O) groups is 1. The number of para-hydroxylation sites is 1. The number of amides is 1. The van der Waals surface area contributed by atoms with Crippen LogP contribution in [0.25, 0.3) is 0 Å². The van der Waals surface area contributed by atoms with E-state index < -0.39 is 0 Å².